The Balaban J connectivity index is 1.97. The number of benzene rings is 2. The standard InChI is InChI=1S/C25H28N2O4/c1-5-8-22(28)27-16-21(25(2,3)4)26(24(27)31)15-17-11-13-18(14-12-17)19-9-6-7-10-20(19)23(29)30/h6-7,9-14,16H,5,8,15H2,1-4H3,(H,29,30). The van der Waals surface area contributed by atoms with Crippen LogP contribution < -0.4 is 5.69 Å². The molecule has 0 aliphatic heterocycles. The van der Waals surface area contributed by atoms with Gasteiger partial charge >= 0.3 is 11.7 Å². The average molecular weight is 421 g/mol. The van der Waals surface area contributed by atoms with Crippen LogP contribution in [0.5, 0.6) is 0 Å². The van der Waals surface area contributed by atoms with Crippen LogP contribution in [0, 0.1) is 0 Å². The molecular weight excluding hydrogens is 392 g/mol. The van der Waals surface area contributed by atoms with Crippen molar-refractivity contribution >= 4 is 11.9 Å². The van der Waals surface area contributed by atoms with Gasteiger partial charge in [0.25, 0.3) is 0 Å². The van der Waals surface area contributed by atoms with E-state index in [2.05, 4.69) is 0 Å². The smallest absolute Gasteiger partial charge is 0.336 e. The van der Waals surface area contributed by atoms with Crippen LogP contribution in [-0.4, -0.2) is 26.1 Å². The first-order valence-electron chi connectivity index (χ1n) is 10.4. The summed E-state index contributed by atoms with van der Waals surface area (Å²) in [5.41, 5.74) is 2.73. The van der Waals surface area contributed by atoms with Crippen LogP contribution in [0.15, 0.2) is 59.5 Å². The van der Waals surface area contributed by atoms with Crippen LogP contribution in [0.2, 0.25) is 0 Å². The highest BCUT2D eigenvalue weighted by atomic mass is 16.4. The van der Waals surface area contributed by atoms with Crippen molar-refractivity contribution < 1.29 is 14.7 Å². The minimum atomic E-state index is -0.973. The zero-order valence-corrected chi connectivity index (χ0v) is 18.4. The maximum Gasteiger partial charge on any atom is 0.336 e. The third-order valence-corrected chi connectivity index (χ3v) is 5.24. The Morgan fingerprint density at radius 3 is 2.23 bits per heavy atom. The molecule has 0 saturated heterocycles. The van der Waals surface area contributed by atoms with Gasteiger partial charge in [0.1, 0.15) is 0 Å². The summed E-state index contributed by atoms with van der Waals surface area (Å²) in [5, 5.41) is 9.43. The number of aromatic carboxylic acids is 1. The maximum absolute atomic E-state index is 13.0. The summed E-state index contributed by atoms with van der Waals surface area (Å²) < 4.78 is 2.87. The molecule has 1 aromatic heterocycles. The lowest BCUT2D eigenvalue weighted by atomic mass is 9.92. The number of nitrogens with zero attached hydrogens (tertiary/aromatic N) is 2. The fraction of sp³-hybridized carbons (Fsp3) is 0.320. The Morgan fingerprint density at radius 1 is 1.00 bits per heavy atom. The second-order valence-corrected chi connectivity index (χ2v) is 8.69. The maximum atomic E-state index is 13.0. The highest BCUT2D eigenvalue weighted by Crippen LogP contribution is 2.26. The number of imidazole rings is 1. The van der Waals surface area contributed by atoms with Crippen LogP contribution in [-0.2, 0) is 12.0 Å². The van der Waals surface area contributed by atoms with Gasteiger partial charge in [-0.3, -0.25) is 9.36 Å². The number of carboxylic acids is 1. The molecule has 6 nitrogen and oxygen atoms in total. The Kier molecular flexibility index (Phi) is 6.29. The van der Waals surface area contributed by atoms with E-state index >= 15 is 0 Å². The third-order valence-electron chi connectivity index (χ3n) is 5.24. The van der Waals surface area contributed by atoms with Crippen molar-refractivity contribution in [3.05, 3.63) is 82.0 Å². The van der Waals surface area contributed by atoms with Gasteiger partial charge in [-0.25, -0.2) is 14.2 Å². The van der Waals surface area contributed by atoms with E-state index in [9.17, 15) is 19.5 Å². The lowest BCUT2D eigenvalue weighted by Crippen LogP contribution is -2.30. The van der Waals surface area contributed by atoms with Gasteiger partial charge in [0.05, 0.1) is 12.1 Å². The van der Waals surface area contributed by atoms with Gasteiger partial charge in [-0.1, -0.05) is 70.2 Å². The lowest BCUT2D eigenvalue weighted by molar-refractivity contribution is 0.0697. The van der Waals surface area contributed by atoms with Gasteiger partial charge in [0.2, 0.25) is 5.91 Å². The first kappa shape index (κ1) is 22.3. The zero-order valence-electron chi connectivity index (χ0n) is 18.4. The van der Waals surface area contributed by atoms with Crippen LogP contribution in [0.1, 0.15) is 66.9 Å². The van der Waals surface area contributed by atoms with Gasteiger partial charge in [0, 0.05) is 23.7 Å². The zero-order chi connectivity index (χ0) is 22.8. The molecule has 0 bridgehead atoms. The molecule has 0 amide bonds. The van der Waals surface area contributed by atoms with Gasteiger partial charge in [-0.15, -0.1) is 0 Å². The number of hydrogen-bond donors (Lipinski definition) is 1. The van der Waals surface area contributed by atoms with Crippen molar-refractivity contribution in [3.63, 3.8) is 0 Å². The molecule has 0 aliphatic carbocycles. The molecule has 1 N–H and O–H groups in total. The molecule has 3 aromatic rings. The molecule has 1 heterocycles. The minimum absolute atomic E-state index is 0.197. The van der Waals surface area contributed by atoms with Crippen molar-refractivity contribution in [1.82, 2.24) is 9.13 Å². The number of hydrogen-bond acceptors (Lipinski definition) is 3. The number of aromatic nitrogens is 2. The molecule has 0 radical (unpaired) electrons. The largest absolute Gasteiger partial charge is 0.478 e. The molecule has 6 heteroatoms. The van der Waals surface area contributed by atoms with Crippen molar-refractivity contribution in [3.8, 4) is 11.1 Å². The third kappa shape index (κ3) is 4.68. The summed E-state index contributed by atoms with van der Waals surface area (Å²) in [7, 11) is 0. The summed E-state index contributed by atoms with van der Waals surface area (Å²) in [6, 6.07) is 14.4. The normalized spacial score (nSPS) is 11.5. The lowest BCUT2D eigenvalue weighted by Gasteiger charge is -2.20. The topological polar surface area (TPSA) is 81.3 Å². The summed E-state index contributed by atoms with van der Waals surface area (Å²) in [6.45, 7) is 8.28. The van der Waals surface area contributed by atoms with E-state index in [1.54, 1.807) is 35.0 Å². The van der Waals surface area contributed by atoms with Crippen LogP contribution >= 0.6 is 0 Å². The number of rotatable bonds is 6. The number of carbonyl (C=O) groups excluding carboxylic acids is 1. The number of carbonyl (C=O) groups is 2. The quantitative estimate of drug-likeness (QED) is 0.621. The summed E-state index contributed by atoms with van der Waals surface area (Å²) in [6.07, 6.45) is 2.67. The van der Waals surface area contributed by atoms with Crippen LogP contribution in [0.25, 0.3) is 11.1 Å². The second-order valence-electron chi connectivity index (χ2n) is 8.69. The Hall–Kier alpha value is -3.41. The highest BCUT2D eigenvalue weighted by Gasteiger charge is 2.24. The van der Waals surface area contributed by atoms with E-state index in [4.69, 9.17) is 0 Å². The first-order chi connectivity index (χ1) is 14.6. The Morgan fingerprint density at radius 2 is 1.65 bits per heavy atom. The monoisotopic (exact) mass is 420 g/mol. The van der Waals surface area contributed by atoms with E-state index in [0.29, 0.717) is 24.9 Å². The molecular formula is C25H28N2O4. The van der Waals surface area contributed by atoms with Crippen molar-refractivity contribution in [2.75, 3.05) is 0 Å². The predicted molar refractivity (Wildman–Crippen MR) is 121 cm³/mol. The minimum Gasteiger partial charge on any atom is -0.478 e. The number of carboxylic acid groups (broad SMARTS) is 1. The molecule has 162 valence electrons. The van der Waals surface area contributed by atoms with E-state index in [0.717, 1.165) is 16.8 Å². The van der Waals surface area contributed by atoms with Gasteiger partial charge in [-0.05, 0) is 29.2 Å². The van der Waals surface area contributed by atoms with Crippen molar-refractivity contribution in [2.24, 2.45) is 0 Å². The summed E-state index contributed by atoms with van der Waals surface area (Å²) in [4.78, 5) is 36.9. The Bertz CT molecular complexity index is 1160. The summed E-state index contributed by atoms with van der Waals surface area (Å²) in [5.74, 6) is -1.17. The van der Waals surface area contributed by atoms with E-state index < -0.39 is 5.97 Å². The van der Waals surface area contributed by atoms with Gasteiger partial charge in [0.15, 0.2) is 0 Å². The first-order valence-corrected chi connectivity index (χ1v) is 10.4. The molecule has 2 aromatic carbocycles. The second kappa shape index (κ2) is 8.76. The fourth-order valence-corrected chi connectivity index (χ4v) is 3.64. The van der Waals surface area contributed by atoms with Crippen molar-refractivity contribution in [1.29, 1.82) is 0 Å². The molecule has 0 aliphatic rings. The molecule has 0 saturated carbocycles. The molecule has 0 atom stereocenters. The van der Waals surface area contributed by atoms with E-state index in [-0.39, 0.29) is 22.6 Å². The van der Waals surface area contributed by atoms with Crippen molar-refractivity contribution in [2.45, 2.75) is 52.5 Å². The molecule has 0 fully saturated rings. The molecule has 31 heavy (non-hydrogen) atoms. The molecule has 0 unspecified atom stereocenters. The van der Waals surface area contributed by atoms with E-state index in [1.165, 1.54) is 4.57 Å². The van der Waals surface area contributed by atoms with Crippen LogP contribution in [0.4, 0.5) is 0 Å². The SMILES string of the molecule is CCCC(=O)n1cc(C(C)(C)C)n(Cc2ccc(-c3ccccc3C(=O)O)cc2)c1=O. The molecule has 0 spiro atoms. The van der Waals surface area contributed by atoms with Crippen LogP contribution in [0.3, 0.4) is 0 Å². The Labute approximate surface area is 181 Å². The predicted octanol–water partition coefficient (Wildman–Crippen LogP) is 4.80. The average Bonchev–Trinajstić information content (AvgIpc) is 3.05. The van der Waals surface area contributed by atoms with E-state index in [1.807, 2.05) is 52.0 Å². The summed E-state index contributed by atoms with van der Waals surface area (Å²) >= 11 is 0. The highest BCUT2D eigenvalue weighted by molar-refractivity contribution is 5.96. The fourth-order valence-electron chi connectivity index (χ4n) is 3.64. The van der Waals surface area contributed by atoms with Gasteiger partial charge < -0.3 is 5.11 Å². The van der Waals surface area contributed by atoms with Gasteiger partial charge in [-0.2, -0.15) is 0 Å². The molecule has 3 rings (SSSR count).